The fourth-order valence-electron chi connectivity index (χ4n) is 2.18. The van der Waals surface area contributed by atoms with E-state index in [2.05, 4.69) is 14.2 Å². The van der Waals surface area contributed by atoms with Crippen LogP contribution in [-0.2, 0) is 6.61 Å². The highest BCUT2D eigenvalue weighted by Gasteiger charge is 2.31. The van der Waals surface area contributed by atoms with Gasteiger partial charge in [-0.15, -0.1) is 9.24 Å². The van der Waals surface area contributed by atoms with Crippen LogP contribution in [0.25, 0.3) is 5.70 Å². The van der Waals surface area contributed by atoms with E-state index in [1.165, 1.54) is 0 Å². The molecule has 7 heteroatoms. The maximum atomic E-state index is 12.9. The maximum absolute atomic E-state index is 12.9. The summed E-state index contributed by atoms with van der Waals surface area (Å²) < 4.78 is 38.7. The standard InChI is InChI=1S/C17H24F3N2OP/c1-5-11(3)16(15-14(24)7-13(10-23)8-21-15)22(6-2)9-12(4)17(18,19)20/h7-9,23H,5-6,10,24H2,1-4H3/b12-9+,16-11?. The quantitative estimate of drug-likeness (QED) is 0.779. The van der Waals surface area contributed by atoms with E-state index in [0.29, 0.717) is 29.9 Å². The SMILES string of the molecule is CCC(C)=C(c1ncc(CO)cc1P)N(/C=C(\C)C(F)(F)F)CC. The normalized spacial score (nSPS) is 13.8. The Hall–Kier alpha value is -1.39. The number of rotatable bonds is 6. The van der Waals surface area contributed by atoms with Crippen LogP contribution in [0.15, 0.2) is 29.6 Å². The highest BCUT2D eigenvalue weighted by Crippen LogP contribution is 2.29. The molecule has 1 unspecified atom stereocenters. The third kappa shape index (κ3) is 5.05. The summed E-state index contributed by atoms with van der Waals surface area (Å²) in [4.78, 5) is 5.95. The molecule has 1 aromatic heterocycles. The Morgan fingerprint density at radius 1 is 1.33 bits per heavy atom. The van der Waals surface area contributed by atoms with E-state index in [1.54, 1.807) is 24.1 Å². The van der Waals surface area contributed by atoms with Crippen molar-refractivity contribution in [3.05, 3.63) is 40.9 Å². The van der Waals surface area contributed by atoms with Gasteiger partial charge in [-0.3, -0.25) is 4.98 Å². The molecule has 1 aromatic rings. The molecule has 0 spiro atoms. The van der Waals surface area contributed by atoms with Gasteiger partial charge in [0.25, 0.3) is 0 Å². The van der Waals surface area contributed by atoms with Gasteiger partial charge in [0, 0.05) is 24.5 Å². The smallest absolute Gasteiger partial charge is 0.392 e. The first-order valence-corrected chi connectivity index (χ1v) is 8.31. The molecule has 0 saturated carbocycles. The number of hydrogen-bond donors (Lipinski definition) is 1. The second-order valence-electron chi connectivity index (χ2n) is 5.52. The Labute approximate surface area is 143 Å². The number of halogens is 3. The van der Waals surface area contributed by atoms with Gasteiger partial charge in [0.05, 0.1) is 18.0 Å². The summed E-state index contributed by atoms with van der Waals surface area (Å²) in [5, 5.41) is 9.94. The number of hydrogen-bond acceptors (Lipinski definition) is 3. The van der Waals surface area contributed by atoms with E-state index in [9.17, 15) is 18.3 Å². The van der Waals surface area contributed by atoms with E-state index >= 15 is 0 Å². The molecule has 0 bridgehead atoms. The average Bonchev–Trinajstić information content (AvgIpc) is 2.53. The topological polar surface area (TPSA) is 36.4 Å². The van der Waals surface area contributed by atoms with Crippen molar-refractivity contribution in [2.24, 2.45) is 0 Å². The molecular weight excluding hydrogens is 336 g/mol. The van der Waals surface area contributed by atoms with Crippen molar-refractivity contribution in [2.75, 3.05) is 6.54 Å². The van der Waals surface area contributed by atoms with Gasteiger partial charge in [0.1, 0.15) is 0 Å². The molecule has 24 heavy (non-hydrogen) atoms. The number of aromatic nitrogens is 1. The Kier molecular flexibility index (Phi) is 7.43. The zero-order valence-corrected chi connectivity index (χ0v) is 15.6. The van der Waals surface area contributed by atoms with Crippen LogP contribution < -0.4 is 5.30 Å². The molecule has 1 atom stereocenters. The fourth-order valence-corrected chi connectivity index (χ4v) is 2.61. The van der Waals surface area contributed by atoms with Gasteiger partial charge < -0.3 is 10.0 Å². The number of pyridine rings is 1. The minimum Gasteiger partial charge on any atom is -0.392 e. The molecule has 134 valence electrons. The number of alkyl halides is 3. The Balaban J connectivity index is 3.48. The van der Waals surface area contributed by atoms with E-state index in [4.69, 9.17) is 0 Å². The molecule has 0 aliphatic heterocycles. The van der Waals surface area contributed by atoms with Crippen LogP contribution in [0.4, 0.5) is 13.2 Å². The predicted molar refractivity (Wildman–Crippen MR) is 94.6 cm³/mol. The van der Waals surface area contributed by atoms with Gasteiger partial charge in [-0.1, -0.05) is 6.92 Å². The molecule has 1 N–H and O–H groups in total. The molecule has 1 heterocycles. The molecular formula is C17H24F3N2OP. The van der Waals surface area contributed by atoms with Gasteiger partial charge >= 0.3 is 6.18 Å². The summed E-state index contributed by atoms with van der Waals surface area (Å²) in [5.41, 5.74) is 2.20. The van der Waals surface area contributed by atoms with Crippen LogP contribution in [0.3, 0.4) is 0 Å². The lowest BCUT2D eigenvalue weighted by Gasteiger charge is -2.26. The monoisotopic (exact) mass is 360 g/mol. The maximum Gasteiger partial charge on any atom is 0.413 e. The van der Waals surface area contributed by atoms with Gasteiger partial charge in [0.2, 0.25) is 0 Å². The molecule has 0 aliphatic rings. The molecule has 0 fully saturated rings. The lowest BCUT2D eigenvalue weighted by molar-refractivity contribution is -0.0921. The number of allylic oxidation sites excluding steroid dienone is 2. The largest absolute Gasteiger partial charge is 0.413 e. The van der Waals surface area contributed by atoms with Crippen LogP contribution in [0.1, 0.15) is 45.4 Å². The minimum absolute atomic E-state index is 0.134. The summed E-state index contributed by atoms with van der Waals surface area (Å²) in [6, 6.07) is 1.77. The summed E-state index contributed by atoms with van der Waals surface area (Å²) in [5.74, 6) is 0. The van der Waals surface area contributed by atoms with Crippen LogP contribution in [-0.4, -0.2) is 27.7 Å². The highest BCUT2D eigenvalue weighted by molar-refractivity contribution is 7.27. The fraction of sp³-hybridized carbons (Fsp3) is 0.471. The second-order valence-corrected chi connectivity index (χ2v) is 6.14. The first-order chi connectivity index (χ1) is 11.1. The molecule has 0 aromatic carbocycles. The van der Waals surface area contributed by atoms with Crippen LogP contribution >= 0.6 is 9.24 Å². The summed E-state index contributed by atoms with van der Waals surface area (Å²) in [6.07, 6.45) is -1.00. The van der Waals surface area contributed by atoms with Gasteiger partial charge in [0.15, 0.2) is 0 Å². The van der Waals surface area contributed by atoms with Gasteiger partial charge in [-0.25, -0.2) is 0 Å². The van der Waals surface area contributed by atoms with E-state index in [0.717, 1.165) is 24.0 Å². The Morgan fingerprint density at radius 3 is 2.38 bits per heavy atom. The molecule has 1 rings (SSSR count). The van der Waals surface area contributed by atoms with E-state index in [1.807, 2.05) is 13.8 Å². The number of aliphatic hydroxyl groups is 1. The minimum atomic E-state index is -4.36. The molecule has 0 radical (unpaired) electrons. The first-order valence-electron chi connectivity index (χ1n) is 7.73. The summed E-state index contributed by atoms with van der Waals surface area (Å²) in [6.45, 7) is 6.95. The molecule has 0 amide bonds. The lowest BCUT2D eigenvalue weighted by atomic mass is 10.1. The molecule has 3 nitrogen and oxygen atoms in total. The predicted octanol–water partition coefficient (Wildman–Crippen LogP) is 4.00. The number of nitrogens with zero attached hydrogens (tertiary/aromatic N) is 2. The second kappa shape index (κ2) is 8.63. The van der Waals surface area contributed by atoms with Crippen molar-refractivity contribution in [3.8, 4) is 0 Å². The Bertz CT molecular complexity index is 639. The van der Waals surface area contributed by atoms with Gasteiger partial charge in [-0.05, 0) is 49.7 Å². The zero-order valence-electron chi connectivity index (χ0n) is 14.4. The third-order valence-electron chi connectivity index (χ3n) is 3.74. The van der Waals surface area contributed by atoms with Crippen molar-refractivity contribution in [1.82, 2.24) is 9.88 Å². The van der Waals surface area contributed by atoms with Gasteiger partial charge in [-0.2, -0.15) is 13.2 Å². The van der Waals surface area contributed by atoms with Crippen LogP contribution in [0.5, 0.6) is 0 Å². The van der Waals surface area contributed by atoms with Crippen LogP contribution in [0.2, 0.25) is 0 Å². The van der Waals surface area contributed by atoms with Crippen molar-refractivity contribution in [3.63, 3.8) is 0 Å². The van der Waals surface area contributed by atoms with Crippen molar-refractivity contribution >= 4 is 20.2 Å². The molecule has 0 aliphatic carbocycles. The first kappa shape index (κ1) is 20.7. The zero-order chi connectivity index (χ0) is 18.5. The summed E-state index contributed by atoms with van der Waals surface area (Å²) >= 11 is 0. The number of aliphatic hydroxyl groups excluding tert-OH is 1. The van der Waals surface area contributed by atoms with Crippen molar-refractivity contribution in [2.45, 2.75) is 46.9 Å². The average molecular weight is 360 g/mol. The van der Waals surface area contributed by atoms with E-state index < -0.39 is 11.7 Å². The van der Waals surface area contributed by atoms with E-state index in [-0.39, 0.29) is 6.61 Å². The highest BCUT2D eigenvalue weighted by atomic mass is 31.0. The van der Waals surface area contributed by atoms with Crippen molar-refractivity contribution < 1.29 is 18.3 Å². The van der Waals surface area contributed by atoms with Crippen LogP contribution in [0, 0.1) is 0 Å². The lowest BCUT2D eigenvalue weighted by Crippen LogP contribution is -2.23. The third-order valence-corrected chi connectivity index (χ3v) is 4.18. The Morgan fingerprint density at radius 2 is 1.96 bits per heavy atom. The molecule has 0 saturated heterocycles. The summed E-state index contributed by atoms with van der Waals surface area (Å²) in [7, 11) is 2.54. The van der Waals surface area contributed by atoms with Crippen molar-refractivity contribution in [1.29, 1.82) is 0 Å².